The van der Waals surface area contributed by atoms with E-state index in [1.807, 2.05) is 18.2 Å². The van der Waals surface area contributed by atoms with Crippen LogP contribution < -0.4 is 19.9 Å². The third-order valence-electron chi connectivity index (χ3n) is 5.46. The minimum atomic E-state index is -1.19. The number of benzene rings is 2. The van der Waals surface area contributed by atoms with Crippen LogP contribution in [0, 0.1) is 5.92 Å². The second kappa shape index (κ2) is 6.82. The van der Waals surface area contributed by atoms with E-state index in [-0.39, 0.29) is 23.4 Å². The normalized spacial score (nSPS) is 22.6. The fraction of sp³-hybridized carbons (Fsp3) is 0.286. The van der Waals surface area contributed by atoms with Crippen molar-refractivity contribution in [3.8, 4) is 11.5 Å². The standard InChI is InChI=1S/C21H20ClNO4/c1-26-11-6-9-17(27-2)15(10-11)19-13-5-3-4-12(13)18-14(21(24)25)7-8-16(22)20(18)23-19/h3-4,6-10,12-13,19,23H,5H2,1-2H3,(H,24,25)/p-1/t12-,13-,19-/m0/s1. The molecule has 1 aliphatic carbocycles. The van der Waals surface area contributed by atoms with Crippen LogP contribution in [0.3, 0.4) is 0 Å². The highest BCUT2D eigenvalue weighted by atomic mass is 35.5. The first-order valence-corrected chi connectivity index (χ1v) is 9.11. The minimum absolute atomic E-state index is 0.0613. The Labute approximate surface area is 162 Å². The van der Waals surface area contributed by atoms with Crippen LogP contribution in [-0.2, 0) is 0 Å². The Hall–Kier alpha value is -2.66. The number of methoxy groups -OCH3 is 2. The molecule has 27 heavy (non-hydrogen) atoms. The Morgan fingerprint density at radius 1 is 1.22 bits per heavy atom. The van der Waals surface area contributed by atoms with E-state index in [0.29, 0.717) is 16.3 Å². The highest BCUT2D eigenvalue weighted by Gasteiger charge is 2.41. The second-order valence-corrected chi connectivity index (χ2v) is 7.16. The Morgan fingerprint density at radius 2 is 2.04 bits per heavy atom. The molecule has 2 aromatic carbocycles. The number of rotatable bonds is 4. The lowest BCUT2D eigenvalue weighted by Gasteiger charge is -2.39. The average molecular weight is 385 g/mol. The number of carbonyl (C=O) groups excluding carboxylic acids is 1. The lowest BCUT2D eigenvalue weighted by atomic mass is 9.75. The van der Waals surface area contributed by atoms with Crippen LogP contribution in [0.5, 0.6) is 11.5 Å². The van der Waals surface area contributed by atoms with Gasteiger partial charge in [-0.25, -0.2) is 0 Å². The van der Waals surface area contributed by atoms with Crippen molar-refractivity contribution in [1.29, 1.82) is 0 Å². The molecule has 0 saturated heterocycles. The molecule has 1 aliphatic heterocycles. The van der Waals surface area contributed by atoms with Crippen LogP contribution in [0.1, 0.15) is 39.9 Å². The van der Waals surface area contributed by atoms with Crippen LogP contribution in [-0.4, -0.2) is 20.2 Å². The Morgan fingerprint density at radius 3 is 2.74 bits per heavy atom. The first-order chi connectivity index (χ1) is 13.0. The van der Waals surface area contributed by atoms with Crippen LogP contribution in [0.2, 0.25) is 5.02 Å². The van der Waals surface area contributed by atoms with Gasteiger partial charge in [0.2, 0.25) is 0 Å². The van der Waals surface area contributed by atoms with Crippen molar-refractivity contribution in [2.45, 2.75) is 18.4 Å². The van der Waals surface area contributed by atoms with E-state index in [1.165, 1.54) is 6.07 Å². The Balaban J connectivity index is 1.89. The molecule has 0 fully saturated rings. The van der Waals surface area contributed by atoms with Crippen LogP contribution in [0.4, 0.5) is 5.69 Å². The molecule has 4 rings (SSSR count). The summed E-state index contributed by atoms with van der Waals surface area (Å²) in [6, 6.07) is 8.70. The molecule has 2 aliphatic rings. The number of anilines is 1. The fourth-order valence-electron chi connectivity index (χ4n) is 4.24. The van der Waals surface area contributed by atoms with Crippen LogP contribution >= 0.6 is 11.6 Å². The molecule has 0 saturated carbocycles. The van der Waals surface area contributed by atoms with Gasteiger partial charge in [0.15, 0.2) is 0 Å². The van der Waals surface area contributed by atoms with Gasteiger partial charge in [0.1, 0.15) is 11.5 Å². The molecule has 0 bridgehead atoms. The third-order valence-corrected chi connectivity index (χ3v) is 5.78. The summed E-state index contributed by atoms with van der Waals surface area (Å²) in [5, 5.41) is 15.6. The molecule has 0 aromatic heterocycles. The topological polar surface area (TPSA) is 70.6 Å². The third kappa shape index (κ3) is 2.82. The van der Waals surface area contributed by atoms with Gasteiger partial charge in [-0.05, 0) is 42.2 Å². The van der Waals surface area contributed by atoms with Crippen molar-refractivity contribution in [2.24, 2.45) is 5.92 Å². The molecule has 0 unspecified atom stereocenters. The van der Waals surface area contributed by atoms with Gasteiger partial charge >= 0.3 is 0 Å². The maximum atomic E-state index is 11.7. The number of carboxylic acids is 1. The summed E-state index contributed by atoms with van der Waals surface area (Å²) in [5.74, 6) is 0.357. The van der Waals surface area contributed by atoms with Crippen molar-refractivity contribution in [3.05, 3.63) is 64.2 Å². The quantitative estimate of drug-likeness (QED) is 0.816. The van der Waals surface area contributed by atoms with Gasteiger partial charge in [-0.1, -0.05) is 29.8 Å². The fourth-order valence-corrected chi connectivity index (χ4v) is 4.46. The summed E-state index contributed by atoms with van der Waals surface area (Å²) in [5.41, 5.74) is 2.47. The zero-order valence-corrected chi connectivity index (χ0v) is 15.7. The lowest BCUT2D eigenvalue weighted by molar-refractivity contribution is -0.255. The number of nitrogens with one attached hydrogen (secondary N) is 1. The highest BCUT2D eigenvalue weighted by Crippen LogP contribution is 2.54. The van der Waals surface area contributed by atoms with Gasteiger partial charge in [0.25, 0.3) is 0 Å². The number of hydrogen-bond donors (Lipinski definition) is 1. The molecule has 0 radical (unpaired) electrons. The van der Waals surface area contributed by atoms with E-state index in [1.54, 1.807) is 20.3 Å². The van der Waals surface area contributed by atoms with E-state index in [2.05, 4.69) is 17.5 Å². The van der Waals surface area contributed by atoms with Crippen molar-refractivity contribution in [2.75, 3.05) is 19.5 Å². The van der Waals surface area contributed by atoms with E-state index in [4.69, 9.17) is 21.1 Å². The number of carboxylic acid groups (broad SMARTS) is 1. The lowest BCUT2D eigenvalue weighted by Crippen LogP contribution is -2.33. The molecule has 1 heterocycles. The molecule has 140 valence electrons. The summed E-state index contributed by atoms with van der Waals surface area (Å²) >= 11 is 6.44. The summed E-state index contributed by atoms with van der Waals surface area (Å²) in [6.07, 6.45) is 4.97. The first kappa shape index (κ1) is 17.7. The summed E-state index contributed by atoms with van der Waals surface area (Å²) < 4.78 is 11.0. The molecule has 2 aromatic rings. The number of carbonyl (C=O) groups is 1. The van der Waals surface area contributed by atoms with Crippen molar-refractivity contribution in [1.82, 2.24) is 0 Å². The van der Waals surface area contributed by atoms with Crippen molar-refractivity contribution < 1.29 is 19.4 Å². The smallest absolute Gasteiger partial charge is 0.124 e. The molecule has 6 heteroatoms. The zero-order chi connectivity index (χ0) is 19.1. The van der Waals surface area contributed by atoms with Gasteiger partial charge in [-0.2, -0.15) is 0 Å². The van der Waals surface area contributed by atoms with E-state index in [0.717, 1.165) is 23.5 Å². The molecule has 0 spiro atoms. The molecular weight excluding hydrogens is 366 g/mol. The zero-order valence-electron chi connectivity index (χ0n) is 15.0. The number of halogens is 1. The molecular formula is C21H19ClNO4-. The summed E-state index contributed by atoms with van der Waals surface area (Å²) in [7, 11) is 3.26. The summed E-state index contributed by atoms with van der Waals surface area (Å²) in [6.45, 7) is 0. The Kier molecular flexibility index (Phi) is 4.48. The largest absolute Gasteiger partial charge is 0.545 e. The summed E-state index contributed by atoms with van der Waals surface area (Å²) in [4.78, 5) is 11.7. The second-order valence-electron chi connectivity index (χ2n) is 6.75. The number of allylic oxidation sites excluding steroid dienone is 2. The van der Waals surface area contributed by atoms with Crippen molar-refractivity contribution >= 4 is 23.3 Å². The first-order valence-electron chi connectivity index (χ1n) is 8.74. The van der Waals surface area contributed by atoms with E-state index >= 15 is 0 Å². The number of hydrogen-bond acceptors (Lipinski definition) is 5. The van der Waals surface area contributed by atoms with E-state index < -0.39 is 5.97 Å². The number of fused-ring (bicyclic) bond motifs is 3. The van der Waals surface area contributed by atoms with E-state index in [9.17, 15) is 9.90 Å². The average Bonchev–Trinajstić information content (AvgIpc) is 3.17. The predicted octanol–water partition coefficient (Wildman–Crippen LogP) is 3.55. The van der Waals surface area contributed by atoms with Gasteiger partial charge < -0.3 is 24.7 Å². The van der Waals surface area contributed by atoms with Crippen LogP contribution in [0.25, 0.3) is 0 Å². The maximum Gasteiger partial charge on any atom is 0.124 e. The monoisotopic (exact) mass is 384 g/mol. The van der Waals surface area contributed by atoms with Crippen molar-refractivity contribution in [3.63, 3.8) is 0 Å². The maximum absolute atomic E-state index is 11.7. The molecule has 1 N–H and O–H groups in total. The Bertz CT molecular complexity index is 940. The molecule has 3 atom stereocenters. The van der Waals surface area contributed by atoms with Gasteiger partial charge in [0, 0.05) is 17.0 Å². The highest BCUT2D eigenvalue weighted by molar-refractivity contribution is 6.33. The van der Waals surface area contributed by atoms with Gasteiger partial charge in [-0.3, -0.25) is 0 Å². The number of ether oxygens (including phenoxy) is 2. The minimum Gasteiger partial charge on any atom is -0.545 e. The van der Waals surface area contributed by atoms with Gasteiger partial charge in [0.05, 0.1) is 36.9 Å². The molecule has 0 amide bonds. The SMILES string of the molecule is COc1ccc(OC)c([C@H]2Nc3c(Cl)ccc(C(=O)[O-])c3[C@H]3C=CC[C@@H]32)c1. The predicted molar refractivity (Wildman–Crippen MR) is 102 cm³/mol. The van der Waals surface area contributed by atoms with Crippen LogP contribution in [0.15, 0.2) is 42.5 Å². The molecule has 5 nitrogen and oxygen atoms in total. The van der Waals surface area contributed by atoms with Gasteiger partial charge in [-0.15, -0.1) is 0 Å². The number of aromatic carboxylic acids is 1.